The van der Waals surface area contributed by atoms with Gasteiger partial charge in [0.25, 0.3) is 0 Å². The van der Waals surface area contributed by atoms with Gasteiger partial charge in [0, 0.05) is 10.8 Å². The molecule has 6 heteroatoms. The van der Waals surface area contributed by atoms with E-state index in [4.69, 9.17) is 16.3 Å². The van der Waals surface area contributed by atoms with Crippen molar-refractivity contribution in [1.82, 2.24) is 14.8 Å². The summed E-state index contributed by atoms with van der Waals surface area (Å²) in [7, 11) is 1.65. The average Bonchev–Trinajstić information content (AvgIpc) is 3.01. The van der Waals surface area contributed by atoms with Crippen molar-refractivity contribution in [2.45, 2.75) is 10.9 Å². The highest BCUT2D eigenvalue weighted by molar-refractivity contribution is 7.98. The van der Waals surface area contributed by atoms with Crippen LogP contribution in [0, 0.1) is 0 Å². The van der Waals surface area contributed by atoms with Gasteiger partial charge in [0.15, 0.2) is 5.16 Å². The van der Waals surface area contributed by atoms with Gasteiger partial charge < -0.3 is 4.74 Å². The van der Waals surface area contributed by atoms with Gasteiger partial charge in [0.1, 0.15) is 12.1 Å². The molecule has 0 amide bonds. The maximum Gasteiger partial charge on any atom is 0.196 e. The summed E-state index contributed by atoms with van der Waals surface area (Å²) in [4.78, 5) is 0. The van der Waals surface area contributed by atoms with Crippen LogP contribution in [-0.4, -0.2) is 21.9 Å². The summed E-state index contributed by atoms with van der Waals surface area (Å²) in [6, 6.07) is 15.6. The van der Waals surface area contributed by atoms with E-state index in [9.17, 15) is 0 Å². The Morgan fingerprint density at radius 1 is 1.18 bits per heavy atom. The second-order valence-electron chi connectivity index (χ2n) is 4.57. The van der Waals surface area contributed by atoms with Crippen LogP contribution in [0.25, 0.3) is 5.69 Å². The van der Waals surface area contributed by atoms with Crippen LogP contribution in [0.15, 0.2) is 60.0 Å². The highest BCUT2D eigenvalue weighted by atomic mass is 35.5. The Labute approximate surface area is 138 Å². The molecule has 3 rings (SSSR count). The fourth-order valence-electron chi connectivity index (χ4n) is 2.09. The molecule has 1 aromatic heterocycles. The largest absolute Gasteiger partial charge is 0.495 e. The van der Waals surface area contributed by atoms with E-state index < -0.39 is 0 Å². The van der Waals surface area contributed by atoms with Crippen molar-refractivity contribution in [3.63, 3.8) is 0 Å². The Hall–Kier alpha value is -1.98. The molecular weight excluding hydrogens is 318 g/mol. The zero-order valence-electron chi connectivity index (χ0n) is 11.9. The van der Waals surface area contributed by atoms with E-state index in [2.05, 4.69) is 10.2 Å². The molecule has 0 atom stereocenters. The van der Waals surface area contributed by atoms with E-state index in [1.807, 2.05) is 53.1 Å². The van der Waals surface area contributed by atoms with Crippen molar-refractivity contribution >= 4 is 23.4 Å². The van der Waals surface area contributed by atoms with Crippen LogP contribution in [-0.2, 0) is 5.75 Å². The van der Waals surface area contributed by atoms with Crippen LogP contribution in [0.1, 0.15) is 5.56 Å². The highest BCUT2D eigenvalue weighted by Gasteiger charge is 2.11. The first kappa shape index (κ1) is 14.9. The molecule has 0 aliphatic heterocycles. The predicted octanol–water partition coefficient (Wildman–Crippen LogP) is 4.22. The summed E-state index contributed by atoms with van der Waals surface area (Å²) in [5.74, 6) is 1.56. The Balaban J connectivity index is 1.83. The molecular formula is C16H14ClN3OS. The molecule has 0 spiro atoms. The van der Waals surface area contributed by atoms with Crippen LogP contribution in [0.3, 0.4) is 0 Å². The van der Waals surface area contributed by atoms with Crippen LogP contribution in [0.4, 0.5) is 0 Å². The second-order valence-corrected chi connectivity index (χ2v) is 5.95. The molecule has 0 aliphatic carbocycles. The number of rotatable bonds is 5. The molecule has 112 valence electrons. The number of methoxy groups -OCH3 is 1. The van der Waals surface area contributed by atoms with Crippen molar-refractivity contribution in [2.24, 2.45) is 0 Å². The normalized spacial score (nSPS) is 10.6. The van der Waals surface area contributed by atoms with E-state index in [0.29, 0.717) is 0 Å². The topological polar surface area (TPSA) is 39.9 Å². The Morgan fingerprint density at radius 3 is 2.86 bits per heavy atom. The van der Waals surface area contributed by atoms with E-state index >= 15 is 0 Å². The monoisotopic (exact) mass is 331 g/mol. The lowest BCUT2D eigenvalue weighted by Crippen LogP contribution is -1.98. The number of hydrogen-bond acceptors (Lipinski definition) is 4. The lowest BCUT2D eigenvalue weighted by Gasteiger charge is -2.10. The number of hydrogen-bond donors (Lipinski definition) is 0. The molecule has 0 fully saturated rings. The predicted molar refractivity (Wildman–Crippen MR) is 88.9 cm³/mol. The van der Waals surface area contributed by atoms with Gasteiger partial charge in [-0.1, -0.05) is 47.6 Å². The fraction of sp³-hybridized carbons (Fsp3) is 0.125. The molecule has 0 radical (unpaired) electrons. The van der Waals surface area contributed by atoms with Crippen LogP contribution < -0.4 is 4.74 Å². The highest BCUT2D eigenvalue weighted by Crippen LogP contribution is 2.28. The lowest BCUT2D eigenvalue weighted by molar-refractivity contribution is 0.412. The summed E-state index contributed by atoms with van der Waals surface area (Å²) < 4.78 is 7.32. The molecule has 0 unspecified atom stereocenters. The fourth-order valence-corrected chi connectivity index (χ4v) is 3.17. The van der Waals surface area contributed by atoms with E-state index in [1.54, 1.807) is 25.2 Å². The Morgan fingerprint density at radius 2 is 2.05 bits per heavy atom. The molecule has 0 aliphatic rings. The zero-order valence-corrected chi connectivity index (χ0v) is 13.5. The first-order valence-corrected chi connectivity index (χ1v) is 8.05. The average molecular weight is 332 g/mol. The molecule has 2 aromatic carbocycles. The zero-order chi connectivity index (χ0) is 15.4. The Kier molecular flexibility index (Phi) is 4.65. The molecule has 4 nitrogen and oxygen atoms in total. The van der Waals surface area contributed by atoms with Gasteiger partial charge in [-0.15, -0.1) is 10.2 Å². The SMILES string of the molecule is COc1ccccc1-n1cnnc1SCc1cccc(Cl)c1. The van der Waals surface area contributed by atoms with Gasteiger partial charge in [-0.05, 0) is 29.8 Å². The third kappa shape index (κ3) is 3.26. The maximum atomic E-state index is 6.01. The number of ether oxygens (including phenoxy) is 1. The first-order chi connectivity index (χ1) is 10.8. The molecule has 0 N–H and O–H groups in total. The number of nitrogens with zero attached hydrogens (tertiary/aromatic N) is 3. The van der Waals surface area contributed by atoms with Gasteiger partial charge in [-0.2, -0.15) is 0 Å². The van der Waals surface area contributed by atoms with Crippen molar-refractivity contribution < 1.29 is 4.74 Å². The van der Waals surface area contributed by atoms with E-state index in [1.165, 1.54) is 0 Å². The maximum absolute atomic E-state index is 6.01. The van der Waals surface area contributed by atoms with Gasteiger partial charge in [0.05, 0.1) is 12.8 Å². The van der Waals surface area contributed by atoms with Crippen molar-refractivity contribution in [3.05, 3.63) is 65.4 Å². The minimum atomic E-state index is 0.740. The molecule has 0 saturated heterocycles. The number of aromatic nitrogens is 3. The summed E-state index contributed by atoms with van der Waals surface area (Å²) >= 11 is 7.62. The van der Waals surface area contributed by atoms with Crippen molar-refractivity contribution in [2.75, 3.05) is 7.11 Å². The summed E-state index contributed by atoms with van der Waals surface area (Å²) in [6.07, 6.45) is 1.69. The summed E-state index contributed by atoms with van der Waals surface area (Å²) in [5.41, 5.74) is 2.07. The lowest BCUT2D eigenvalue weighted by atomic mass is 10.2. The third-order valence-electron chi connectivity index (χ3n) is 3.12. The molecule has 22 heavy (non-hydrogen) atoms. The second kappa shape index (κ2) is 6.85. The summed E-state index contributed by atoms with van der Waals surface area (Å²) in [5, 5.41) is 9.76. The van der Waals surface area contributed by atoms with E-state index in [0.717, 1.165) is 32.9 Å². The number of thioether (sulfide) groups is 1. The van der Waals surface area contributed by atoms with Gasteiger partial charge in [0.2, 0.25) is 0 Å². The van der Waals surface area contributed by atoms with Crippen molar-refractivity contribution in [1.29, 1.82) is 0 Å². The quantitative estimate of drug-likeness (QED) is 0.656. The summed E-state index contributed by atoms with van der Waals surface area (Å²) in [6.45, 7) is 0. The van der Waals surface area contributed by atoms with Gasteiger partial charge >= 0.3 is 0 Å². The minimum absolute atomic E-state index is 0.740. The molecule has 0 bridgehead atoms. The first-order valence-electron chi connectivity index (χ1n) is 6.68. The standard InChI is InChI=1S/C16H14ClN3OS/c1-21-15-8-3-2-7-14(15)20-11-18-19-16(20)22-10-12-5-4-6-13(17)9-12/h2-9,11H,10H2,1H3. The number of benzene rings is 2. The van der Waals surface area contributed by atoms with Crippen LogP contribution in [0.2, 0.25) is 5.02 Å². The Bertz CT molecular complexity index is 775. The number of para-hydroxylation sites is 2. The van der Waals surface area contributed by atoms with Gasteiger partial charge in [-0.25, -0.2) is 0 Å². The molecule has 0 saturated carbocycles. The molecule has 1 heterocycles. The van der Waals surface area contributed by atoms with Crippen LogP contribution >= 0.6 is 23.4 Å². The van der Waals surface area contributed by atoms with E-state index in [-0.39, 0.29) is 0 Å². The third-order valence-corrected chi connectivity index (χ3v) is 4.37. The minimum Gasteiger partial charge on any atom is -0.495 e. The smallest absolute Gasteiger partial charge is 0.196 e. The molecule has 3 aromatic rings. The number of halogens is 1. The van der Waals surface area contributed by atoms with Crippen molar-refractivity contribution in [3.8, 4) is 11.4 Å². The van der Waals surface area contributed by atoms with Crippen LogP contribution in [0.5, 0.6) is 5.75 Å². The van der Waals surface area contributed by atoms with Gasteiger partial charge in [-0.3, -0.25) is 4.57 Å².